The second kappa shape index (κ2) is 3.63. The highest BCUT2D eigenvalue weighted by molar-refractivity contribution is 5.29. The summed E-state index contributed by atoms with van der Waals surface area (Å²) in [7, 11) is 2.10. The van der Waals surface area contributed by atoms with Gasteiger partial charge in [-0.25, -0.2) is 0 Å². The third-order valence-electron chi connectivity index (χ3n) is 3.76. The van der Waals surface area contributed by atoms with Gasteiger partial charge in [-0.1, -0.05) is 0 Å². The van der Waals surface area contributed by atoms with Crippen molar-refractivity contribution in [2.45, 2.75) is 37.5 Å². The van der Waals surface area contributed by atoms with Gasteiger partial charge < -0.3 is 5.32 Å². The fourth-order valence-corrected chi connectivity index (χ4v) is 2.77. The first kappa shape index (κ1) is 9.40. The monoisotopic (exact) mass is 205 g/mol. The minimum atomic E-state index is 0.760. The van der Waals surface area contributed by atoms with E-state index in [1.807, 2.05) is 0 Å². The summed E-state index contributed by atoms with van der Waals surface area (Å²) in [6, 6.07) is 0. The molecule has 3 nitrogen and oxygen atoms in total. The van der Waals surface area contributed by atoms with Gasteiger partial charge in [0.05, 0.1) is 6.20 Å². The molecule has 0 unspecified atom stereocenters. The first-order valence-corrected chi connectivity index (χ1v) is 6.09. The van der Waals surface area contributed by atoms with Crippen molar-refractivity contribution in [2.75, 3.05) is 13.1 Å². The summed E-state index contributed by atoms with van der Waals surface area (Å²) in [6.45, 7) is 2.34. The van der Waals surface area contributed by atoms with E-state index < -0.39 is 0 Å². The summed E-state index contributed by atoms with van der Waals surface area (Å²) in [5, 5.41) is 7.88. The van der Waals surface area contributed by atoms with Crippen molar-refractivity contribution in [3.8, 4) is 0 Å². The highest BCUT2D eigenvalue weighted by Gasteiger charge is 2.32. The largest absolute Gasteiger partial charge is 0.317 e. The zero-order chi connectivity index (χ0) is 10.3. The van der Waals surface area contributed by atoms with Crippen LogP contribution in [0.4, 0.5) is 0 Å². The van der Waals surface area contributed by atoms with Gasteiger partial charge in [0.2, 0.25) is 0 Å². The molecule has 2 fully saturated rings. The Hall–Kier alpha value is -0.830. The lowest BCUT2D eigenvalue weighted by molar-refractivity contribution is 0.457. The van der Waals surface area contributed by atoms with Crippen LogP contribution < -0.4 is 5.32 Å². The Kier molecular flexibility index (Phi) is 2.28. The van der Waals surface area contributed by atoms with Crippen molar-refractivity contribution in [1.29, 1.82) is 0 Å². The van der Waals surface area contributed by atoms with Crippen LogP contribution in [0, 0.1) is 0 Å². The molecule has 0 atom stereocenters. The third kappa shape index (κ3) is 1.69. The number of nitrogens with zero attached hydrogens (tertiary/aromatic N) is 2. The molecule has 0 aromatic carbocycles. The molecule has 15 heavy (non-hydrogen) atoms. The van der Waals surface area contributed by atoms with Crippen molar-refractivity contribution in [2.24, 2.45) is 7.05 Å². The van der Waals surface area contributed by atoms with E-state index in [4.69, 9.17) is 0 Å². The second-order valence-electron chi connectivity index (χ2n) is 4.91. The molecule has 1 saturated heterocycles. The second-order valence-corrected chi connectivity index (χ2v) is 4.91. The van der Waals surface area contributed by atoms with Gasteiger partial charge in [-0.05, 0) is 50.3 Å². The lowest BCUT2D eigenvalue weighted by Gasteiger charge is -2.23. The maximum atomic E-state index is 4.45. The van der Waals surface area contributed by atoms with E-state index >= 15 is 0 Å². The molecule has 0 radical (unpaired) electrons. The fourth-order valence-electron chi connectivity index (χ4n) is 2.77. The number of aryl methyl sites for hydroxylation is 1. The lowest BCUT2D eigenvalue weighted by atomic mass is 9.89. The van der Waals surface area contributed by atoms with Gasteiger partial charge >= 0.3 is 0 Å². The van der Waals surface area contributed by atoms with Crippen molar-refractivity contribution >= 4 is 0 Å². The van der Waals surface area contributed by atoms with Crippen LogP contribution in [-0.4, -0.2) is 22.9 Å². The maximum absolute atomic E-state index is 4.45. The molecule has 0 spiro atoms. The van der Waals surface area contributed by atoms with E-state index in [9.17, 15) is 0 Å². The molecule has 2 heterocycles. The SMILES string of the molecule is Cn1ncc(C2CCNCC2)c1C1CC1. The molecule has 0 amide bonds. The third-order valence-corrected chi connectivity index (χ3v) is 3.76. The average Bonchev–Trinajstić information content (AvgIpc) is 3.03. The first-order chi connectivity index (χ1) is 7.36. The summed E-state index contributed by atoms with van der Waals surface area (Å²) in [5.74, 6) is 1.58. The van der Waals surface area contributed by atoms with Crippen molar-refractivity contribution in [1.82, 2.24) is 15.1 Å². The van der Waals surface area contributed by atoms with E-state index in [0.717, 1.165) is 11.8 Å². The molecule has 1 saturated carbocycles. The van der Waals surface area contributed by atoms with Crippen LogP contribution in [0.1, 0.15) is 48.8 Å². The Morgan fingerprint density at radius 3 is 2.60 bits per heavy atom. The van der Waals surface area contributed by atoms with E-state index in [-0.39, 0.29) is 0 Å². The molecule has 1 aliphatic heterocycles. The Bertz CT molecular complexity index is 346. The maximum Gasteiger partial charge on any atom is 0.0527 e. The van der Waals surface area contributed by atoms with Crippen molar-refractivity contribution in [3.63, 3.8) is 0 Å². The van der Waals surface area contributed by atoms with Crippen LogP contribution in [0.15, 0.2) is 6.20 Å². The number of nitrogens with one attached hydrogen (secondary N) is 1. The minimum absolute atomic E-state index is 0.760. The lowest BCUT2D eigenvalue weighted by Crippen LogP contribution is -2.27. The Balaban J connectivity index is 1.89. The quantitative estimate of drug-likeness (QED) is 0.797. The van der Waals surface area contributed by atoms with Gasteiger partial charge in [-0.3, -0.25) is 4.68 Å². The highest BCUT2D eigenvalue weighted by atomic mass is 15.3. The van der Waals surface area contributed by atoms with Gasteiger partial charge in [-0.15, -0.1) is 0 Å². The summed E-state index contributed by atoms with van der Waals surface area (Å²) in [6.07, 6.45) is 7.43. The van der Waals surface area contributed by atoms with Crippen LogP contribution >= 0.6 is 0 Å². The van der Waals surface area contributed by atoms with Gasteiger partial charge in [0, 0.05) is 18.7 Å². The summed E-state index contributed by atoms with van der Waals surface area (Å²) >= 11 is 0. The molecular formula is C12H19N3. The molecule has 2 aliphatic rings. The standard InChI is InChI=1S/C12H19N3/c1-15-12(10-2-3-10)11(8-14-15)9-4-6-13-7-5-9/h8-10,13H,2-7H2,1H3. The molecule has 1 aliphatic carbocycles. The van der Waals surface area contributed by atoms with Crippen LogP contribution in [0.25, 0.3) is 0 Å². The smallest absolute Gasteiger partial charge is 0.0527 e. The molecule has 3 heteroatoms. The van der Waals surface area contributed by atoms with Gasteiger partial charge in [0.15, 0.2) is 0 Å². The molecular weight excluding hydrogens is 186 g/mol. The van der Waals surface area contributed by atoms with Crippen molar-refractivity contribution in [3.05, 3.63) is 17.5 Å². The molecule has 1 aromatic rings. The van der Waals surface area contributed by atoms with Crippen LogP contribution in [0.5, 0.6) is 0 Å². The number of rotatable bonds is 2. The Morgan fingerprint density at radius 1 is 1.20 bits per heavy atom. The highest BCUT2D eigenvalue weighted by Crippen LogP contribution is 2.44. The zero-order valence-corrected chi connectivity index (χ0v) is 9.37. The molecule has 1 aromatic heterocycles. The van der Waals surface area contributed by atoms with Gasteiger partial charge in [-0.2, -0.15) is 5.10 Å². The van der Waals surface area contributed by atoms with E-state index in [2.05, 4.69) is 28.3 Å². The normalized spacial score (nSPS) is 23.3. The summed E-state index contributed by atoms with van der Waals surface area (Å²) < 4.78 is 2.11. The zero-order valence-electron chi connectivity index (χ0n) is 9.37. The summed E-state index contributed by atoms with van der Waals surface area (Å²) in [4.78, 5) is 0. The van der Waals surface area contributed by atoms with E-state index in [1.165, 1.54) is 44.5 Å². The summed E-state index contributed by atoms with van der Waals surface area (Å²) in [5.41, 5.74) is 3.07. The van der Waals surface area contributed by atoms with Crippen molar-refractivity contribution < 1.29 is 0 Å². The number of hydrogen-bond acceptors (Lipinski definition) is 2. The molecule has 82 valence electrons. The first-order valence-electron chi connectivity index (χ1n) is 6.09. The Labute approximate surface area is 90.9 Å². The van der Waals surface area contributed by atoms with E-state index in [0.29, 0.717) is 0 Å². The van der Waals surface area contributed by atoms with Gasteiger partial charge in [0.25, 0.3) is 0 Å². The van der Waals surface area contributed by atoms with Gasteiger partial charge in [0.1, 0.15) is 0 Å². The number of piperidine rings is 1. The van der Waals surface area contributed by atoms with E-state index in [1.54, 1.807) is 5.56 Å². The predicted molar refractivity (Wildman–Crippen MR) is 60.0 cm³/mol. The number of hydrogen-bond donors (Lipinski definition) is 1. The topological polar surface area (TPSA) is 29.9 Å². The molecule has 3 rings (SSSR count). The molecule has 1 N–H and O–H groups in total. The Morgan fingerprint density at radius 2 is 1.93 bits per heavy atom. The van der Waals surface area contributed by atoms with Crippen LogP contribution in [-0.2, 0) is 7.05 Å². The number of aromatic nitrogens is 2. The minimum Gasteiger partial charge on any atom is -0.317 e. The predicted octanol–water partition coefficient (Wildman–Crippen LogP) is 1.76. The van der Waals surface area contributed by atoms with Crippen LogP contribution in [0.2, 0.25) is 0 Å². The van der Waals surface area contributed by atoms with Crippen LogP contribution in [0.3, 0.4) is 0 Å². The fraction of sp³-hybridized carbons (Fsp3) is 0.750. The average molecular weight is 205 g/mol. The molecule has 0 bridgehead atoms.